The summed E-state index contributed by atoms with van der Waals surface area (Å²) in [7, 11) is 0. The third-order valence-electron chi connectivity index (χ3n) is 1.92. The lowest BCUT2D eigenvalue weighted by molar-refractivity contribution is -0.254. The van der Waals surface area contributed by atoms with Crippen molar-refractivity contribution in [3.63, 3.8) is 0 Å². The summed E-state index contributed by atoms with van der Waals surface area (Å²) in [5, 5.41) is 35.6. The van der Waals surface area contributed by atoms with Crippen molar-refractivity contribution in [3.05, 3.63) is 0 Å². The Morgan fingerprint density at radius 3 is 2.23 bits per heavy atom. The van der Waals surface area contributed by atoms with Gasteiger partial charge in [0.1, 0.15) is 12.2 Å². The zero-order chi connectivity index (χ0) is 10.2. The second kappa shape index (κ2) is 3.56. The maximum atomic E-state index is 10.5. The highest BCUT2D eigenvalue weighted by Crippen LogP contribution is 2.18. The third-order valence-corrected chi connectivity index (χ3v) is 1.92. The molecule has 0 bridgehead atoms. The fourth-order valence-corrected chi connectivity index (χ4v) is 1.12. The fourth-order valence-electron chi connectivity index (χ4n) is 1.12. The van der Waals surface area contributed by atoms with E-state index in [1.54, 1.807) is 0 Å². The lowest BCUT2D eigenvalue weighted by atomic mass is 9.97. The summed E-state index contributed by atoms with van der Waals surface area (Å²) in [4.78, 5) is 10.5. The Balaban J connectivity index is 2.76. The van der Waals surface area contributed by atoms with E-state index in [1.807, 2.05) is 0 Å². The molecule has 1 saturated heterocycles. The zero-order valence-electron chi connectivity index (χ0n) is 6.57. The van der Waals surface area contributed by atoms with Gasteiger partial charge in [0.2, 0.25) is 0 Å². The molecule has 0 aromatic heterocycles. The number of ether oxygens (including phenoxy) is 1. The normalized spacial score (nSPS) is 46.0. The van der Waals surface area contributed by atoms with Crippen molar-refractivity contribution in [2.75, 3.05) is 0 Å². The fraction of sp³-hybridized carbons (Fsp3) is 0.833. The van der Waals surface area contributed by atoms with Gasteiger partial charge in [0.05, 0.1) is 6.04 Å². The van der Waals surface area contributed by atoms with Gasteiger partial charge in [-0.3, -0.25) is 0 Å². The smallest absolute Gasteiger partial charge is 0.334 e. The Labute approximate surface area is 73.4 Å². The molecule has 0 aliphatic carbocycles. The summed E-state index contributed by atoms with van der Waals surface area (Å²) >= 11 is 0. The molecule has 13 heavy (non-hydrogen) atoms. The summed E-state index contributed by atoms with van der Waals surface area (Å²) in [6.45, 7) is 0. The number of aliphatic hydroxyl groups is 3. The van der Waals surface area contributed by atoms with Crippen molar-refractivity contribution in [2.24, 2.45) is 5.73 Å². The second-order valence-electron chi connectivity index (χ2n) is 2.84. The number of rotatable bonds is 1. The van der Waals surface area contributed by atoms with E-state index in [0.717, 1.165) is 0 Å². The Kier molecular flexibility index (Phi) is 2.84. The van der Waals surface area contributed by atoms with Crippen LogP contribution in [0.25, 0.3) is 0 Å². The van der Waals surface area contributed by atoms with Crippen molar-refractivity contribution in [1.82, 2.24) is 0 Å². The molecule has 0 saturated carbocycles. The molecule has 1 unspecified atom stereocenters. The lowest BCUT2D eigenvalue weighted by Crippen LogP contribution is -2.63. The van der Waals surface area contributed by atoms with Gasteiger partial charge in [-0.2, -0.15) is 0 Å². The average molecular weight is 193 g/mol. The van der Waals surface area contributed by atoms with E-state index in [0.29, 0.717) is 0 Å². The van der Waals surface area contributed by atoms with Crippen LogP contribution in [-0.4, -0.2) is 57.0 Å². The molecule has 0 aromatic rings. The second-order valence-corrected chi connectivity index (χ2v) is 2.84. The molecule has 5 atom stereocenters. The number of aliphatic hydroxyl groups excluding tert-OH is 3. The van der Waals surface area contributed by atoms with E-state index < -0.39 is 36.6 Å². The van der Waals surface area contributed by atoms with Crippen LogP contribution >= 0.6 is 0 Å². The van der Waals surface area contributed by atoms with Gasteiger partial charge >= 0.3 is 5.97 Å². The minimum Gasteiger partial charge on any atom is -0.479 e. The van der Waals surface area contributed by atoms with Gasteiger partial charge in [-0.05, 0) is 0 Å². The van der Waals surface area contributed by atoms with E-state index in [2.05, 4.69) is 4.74 Å². The topological polar surface area (TPSA) is 133 Å². The molecule has 1 rings (SSSR count). The van der Waals surface area contributed by atoms with E-state index in [4.69, 9.17) is 26.2 Å². The molecule has 0 spiro atoms. The van der Waals surface area contributed by atoms with Crippen LogP contribution in [0, 0.1) is 0 Å². The molecule has 0 aromatic carbocycles. The Morgan fingerprint density at radius 2 is 1.77 bits per heavy atom. The number of nitrogens with two attached hydrogens (primary N) is 1. The Hall–Kier alpha value is -0.730. The van der Waals surface area contributed by atoms with Gasteiger partial charge in [0, 0.05) is 0 Å². The quantitative estimate of drug-likeness (QED) is 0.296. The molecule has 1 fully saturated rings. The van der Waals surface area contributed by atoms with Gasteiger partial charge < -0.3 is 30.9 Å². The number of hydrogen-bond donors (Lipinski definition) is 5. The SMILES string of the molecule is NC1[C@@H](C(=O)O)O[C@H](O)[C@H](O)[C@H]1O. The van der Waals surface area contributed by atoms with E-state index in [9.17, 15) is 4.79 Å². The van der Waals surface area contributed by atoms with Crippen LogP contribution in [0.4, 0.5) is 0 Å². The maximum Gasteiger partial charge on any atom is 0.334 e. The van der Waals surface area contributed by atoms with Crippen molar-refractivity contribution >= 4 is 5.97 Å². The van der Waals surface area contributed by atoms with Crippen molar-refractivity contribution in [1.29, 1.82) is 0 Å². The third kappa shape index (κ3) is 1.79. The lowest BCUT2D eigenvalue weighted by Gasteiger charge is -2.36. The minimum absolute atomic E-state index is 1.25. The zero-order valence-corrected chi connectivity index (χ0v) is 6.57. The van der Waals surface area contributed by atoms with Crippen LogP contribution in [0.5, 0.6) is 0 Å². The van der Waals surface area contributed by atoms with Crippen molar-refractivity contribution in [3.8, 4) is 0 Å². The van der Waals surface area contributed by atoms with Crippen LogP contribution < -0.4 is 5.73 Å². The molecular weight excluding hydrogens is 182 g/mol. The number of aliphatic carboxylic acids is 1. The summed E-state index contributed by atoms with van der Waals surface area (Å²) in [5.41, 5.74) is 5.25. The monoisotopic (exact) mass is 193 g/mol. The predicted octanol–water partition coefficient (Wildman–Crippen LogP) is -3.16. The van der Waals surface area contributed by atoms with Crippen LogP contribution in [0.15, 0.2) is 0 Å². The number of hydrogen-bond acceptors (Lipinski definition) is 6. The molecule has 7 heteroatoms. The molecular formula is C6H11NO6. The molecule has 0 radical (unpaired) electrons. The van der Waals surface area contributed by atoms with Crippen LogP contribution in [0.1, 0.15) is 0 Å². The number of carbonyl (C=O) groups is 1. The number of carboxylic acids is 1. The summed E-state index contributed by atoms with van der Waals surface area (Å²) in [5.74, 6) is -1.39. The summed E-state index contributed by atoms with van der Waals surface area (Å²) < 4.78 is 4.46. The van der Waals surface area contributed by atoms with Gasteiger partial charge in [0.15, 0.2) is 12.4 Å². The van der Waals surface area contributed by atoms with Crippen LogP contribution in [0.3, 0.4) is 0 Å². The van der Waals surface area contributed by atoms with Gasteiger partial charge in [-0.1, -0.05) is 0 Å². The van der Waals surface area contributed by atoms with Gasteiger partial charge in [-0.25, -0.2) is 4.79 Å². The molecule has 6 N–H and O–H groups in total. The molecule has 0 amide bonds. The Morgan fingerprint density at radius 1 is 1.23 bits per heavy atom. The highest BCUT2D eigenvalue weighted by Gasteiger charge is 2.45. The molecule has 7 nitrogen and oxygen atoms in total. The predicted molar refractivity (Wildman–Crippen MR) is 38.5 cm³/mol. The van der Waals surface area contributed by atoms with Crippen LogP contribution in [-0.2, 0) is 9.53 Å². The van der Waals surface area contributed by atoms with Crippen molar-refractivity contribution in [2.45, 2.75) is 30.6 Å². The van der Waals surface area contributed by atoms with E-state index in [1.165, 1.54) is 0 Å². The van der Waals surface area contributed by atoms with Crippen molar-refractivity contribution < 1.29 is 30.0 Å². The maximum absolute atomic E-state index is 10.5. The number of carboxylic acid groups (broad SMARTS) is 1. The molecule has 1 heterocycles. The minimum atomic E-state index is -1.73. The molecule has 1 aliphatic rings. The van der Waals surface area contributed by atoms with E-state index >= 15 is 0 Å². The standard InChI is InChI=1S/C6H11NO6/c7-1-2(8)3(9)6(12)13-4(1)5(10)11/h1-4,6,8-9,12H,7H2,(H,10,11)/t1?,2-,3+,4-,6-/m0/s1. The highest BCUT2D eigenvalue weighted by atomic mass is 16.6. The van der Waals surface area contributed by atoms with E-state index in [-0.39, 0.29) is 0 Å². The summed E-state index contributed by atoms with van der Waals surface area (Å²) in [6, 6.07) is -1.25. The molecule has 76 valence electrons. The Bertz CT molecular complexity index is 209. The van der Waals surface area contributed by atoms with Crippen LogP contribution in [0.2, 0.25) is 0 Å². The first kappa shape index (κ1) is 10.4. The largest absolute Gasteiger partial charge is 0.479 e. The average Bonchev–Trinajstić information content (AvgIpc) is 2.07. The first-order chi connectivity index (χ1) is 5.95. The highest BCUT2D eigenvalue weighted by molar-refractivity contribution is 5.73. The van der Waals surface area contributed by atoms with Gasteiger partial charge in [-0.15, -0.1) is 0 Å². The molecule has 1 aliphatic heterocycles. The first-order valence-electron chi connectivity index (χ1n) is 3.63. The summed E-state index contributed by atoms with van der Waals surface area (Å²) in [6.07, 6.45) is -6.32. The van der Waals surface area contributed by atoms with Gasteiger partial charge in [0.25, 0.3) is 0 Å². The first-order valence-corrected chi connectivity index (χ1v) is 3.63.